The maximum atomic E-state index is 14.5. The summed E-state index contributed by atoms with van der Waals surface area (Å²) in [5.74, 6) is -5.29. The lowest BCUT2D eigenvalue weighted by atomic mass is 9.91. The maximum absolute atomic E-state index is 14.5. The number of rotatable bonds is 8. The topological polar surface area (TPSA) is 176 Å². The number of fused-ring (bicyclic) bond motifs is 16. The number of nitrogens with one attached hydrogen (secondary N) is 4. The van der Waals surface area contributed by atoms with Crippen molar-refractivity contribution in [2.45, 2.75) is 62.4 Å². The minimum Gasteiger partial charge on any atom is -0.484 e. The molecule has 310 valence electrons. The zero-order valence-corrected chi connectivity index (χ0v) is 32.3. The van der Waals surface area contributed by atoms with Crippen LogP contribution in [-0.4, -0.2) is 70.5 Å². The first-order chi connectivity index (χ1) is 28.7. The molecule has 0 aliphatic carbocycles. The summed E-state index contributed by atoms with van der Waals surface area (Å²) in [6.07, 6.45) is -1.87. The van der Waals surface area contributed by atoms with Gasteiger partial charge in [0, 0.05) is 37.6 Å². The molecule has 0 saturated carbocycles. The van der Waals surface area contributed by atoms with Crippen molar-refractivity contribution in [2.75, 3.05) is 6.61 Å². The number of amides is 4. The number of hydrogen-bond acceptors (Lipinski definition) is 7. The fourth-order valence-electron chi connectivity index (χ4n) is 6.79. The van der Waals surface area contributed by atoms with Gasteiger partial charge in [0.15, 0.2) is 6.61 Å². The molecule has 0 radical (unpaired) electrons. The number of aromatic nitrogens is 1. The van der Waals surface area contributed by atoms with Crippen molar-refractivity contribution in [1.82, 2.24) is 26.3 Å². The number of ether oxygens (including phenoxy) is 1. The van der Waals surface area contributed by atoms with Crippen molar-refractivity contribution in [1.29, 1.82) is 0 Å². The Morgan fingerprint density at radius 2 is 1.30 bits per heavy atom. The Bertz CT molecular complexity index is 2280. The van der Waals surface area contributed by atoms with Crippen LogP contribution >= 0.6 is 0 Å². The van der Waals surface area contributed by atoms with Crippen LogP contribution in [-0.2, 0) is 49.4 Å². The van der Waals surface area contributed by atoms with Crippen molar-refractivity contribution in [3.63, 3.8) is 0 Å². The van der Waals surface area contributed by atoms with Crippen LogP contribution in [0.3, 0.4) is 0 Å². The number of carboxylic acids is 1. The van der Waals surface area contributed by atoms with E-state index in [1.807, 2.05) is 42.5 Å². The standard InChI is InChI=1S/C45H42F3N5O7/c1-27(31-13-15-34(16-14-31)45(46,47)48)40-43(57)52-38(44(58)59)25-29-9-17-35(18-10-29)60-26-39(54)50-36(24-30-19-21-49-22-20-30)41(55)51-37(42(56)53-40)23-28-7-11-33(12-8-28)32-5-3-2-4-6-32/h2-22,27,36-38,40H,23-26H2,1H3,(H,50,54)(H,51,55)(H,52,57)(H,53,56)(H,58,59). The Morgan fingerprint density at radius 1 is 0.717 bits per heavy atom. The summed E-state index contributed by atoms with van der Waals surface area (Å²) in [5.41, 5.74) is 2.89. The minimum atomic E-state index is -4.63. The number of alkyl halides is 3. The second-order valence-corrected chi connectivity index (χ2v) is 14.4. The summed E-state index contributed by atoms with van der Waals surface area (Å²) in [5, 5.41) is 20.8. The first-order valence-electron chi connectivity index (χ1n) is 19.1. The summed E-state index contributed by atoms with van der Waals surface area (Å²) in [7, 11) is 0. The van der Waals surface area contributed by atoms with Crippen LogP contribution in [0.5, 0.6) is 5.75 Å². The van der Waals surface area contributed by atoms with Crippen LogP contribution in [0.15, 0.2) is 128 Å². The summed E-state index contributed by atoms with van der Waals surface area (Å²) in [6.45, 7) is 1.03. The van der Waals surface area contributed by atoms with Crippen molar-refractivity contribution < 1.29 is 47.0 Å². The molecule has 2 bridgehead atoms. The Kier molecular flexibility index (Phi) is 13.6. The van der Waals surface area contributed by atoms with Gasteiger partial charge in [-0.3, -0.25) is 24.2 Å². The Morgan fingerprint density at radius 3 is 1.92 bits per heavy atom. The van der Waals surface area contributed by atoms with Crippen LogP contribution in [0.2, 0.25) is 0 Å². The van der Waals surface area contributed by atoms with E-state index < -0.39 is 78.0 Å². The van der Waals surface area contributed by atoms with Crippen molar-refractivity contribution in [2.24, 2.45) is 0 Å². The van der Waals surface area contributed by atoms with Crippen molar-refractivity contribution in [3.8, 4) is 16.9 Å². The van der Waals surface area contributed by atoms with E-state index in [0.29, 0.717) is 16.7 Å². The Balaban J connectivity index is 1.38. The van der Waals surface area contributed by atoms with Crippen LogP contribution in [0.1, 0.15) is 40.7 Å². The molecule has 12 nitrogen and oxygen atoms in total. The zero-order chi connectivity index (χ0) is 42.8. The van der Waals surface area contributed by atoms with Crippen LogP contribution in [0.25, 0.3) is 11.1 Å². The van der Waals surface area contributed by atoms with Gasteiger partial charge in [0.25, 0.3) is 5.91 Å². The third-order valence-electron chi connectivity index (χ3n) is 10.2. The Labute approximate surface area is 343 Å². The number of aliphatic carboxylic acids is 1. The SMILES string of the molecule is CC(c1ccc(C(F)(F)F)cc1)C1NC(=O)C(Cc2ccc(-c3ccccc3)cc2)NC(=O)C(Cc2ccncc2)NC(=O)COc2ccc(cc2)CC(C(=O)O)NC1=O. The van der Waals surface area contributed by atoms with E-state index in [2.05, 4.69) is 26.3 Å². The van der Waals surface area contributed by atoms with E-state index in [-0.39, 0.29) is 30.6 Å². The first kappa shape index (κ1) is 42.6. The lowest BCUT2D eigenvalue weighted by Gasteiger charge is -2.29. The fourth-order valence-corrected chi connectivity index (χ4v) is 6.79. The third kappa shape index (κ3) is 11.3. The van der Waals surface area contributed by atoms with Gasteiger partial charge < -0.3 is 31.1 Å². The molecular weight excluding hydrogens is 780 g/mol. The molecule has 5 unspecified atom stereocenters. The third-order valence-corrected chi connectivity index (χ3v) is 10.2. The number of benzene rings is 4. The van der Waals surface area contributed by atoms with Gasteiger partial charge in [0.2, 0.25) is 17.7 Å². The molecule has 3 heterocycles. The normalized spacial score (nSPS) is 19.9. The average molecular weight is 822 g/mol. The summed E-state index contributed by atoms with van der Waals surface area (Å²) >= 11 is 0. The maximum Gasteiger partial charge on any atom is 0.416 e. The van der Waals surface area contributed by atoms with Gasteiger partial charge in [-0.15, -0.1) is 0 Å². The first-order valence-corrected chi connectivity index (χ1v) is 19.1. The van der Waals surface area contributed by atoms with E-state index in [9.17, 15) is 42.3 Å². The number of hydrogen-bond donors (Lipinski definition) is 5. The molecule has 60 heavy (non-hydrogen) atoms. The average Bonchev–Trinajstić information content (AvgIpc) is 3.24. The number of pyridine rings is 1. The van der Waals surface area contributed by atoms with E-state index >= 15 is 0 Å². The molecule has 5 atom stereocenters. The van der Waals surface area contributed by atoms with Crippen LogP contribution in [0, 0.1) is 0 Å². The number of carboxylic acid groups (broad SMARTS) is 1. The van der Waals surface area contributed by atoms with E-state index in [0.717, 1.165) is 23.3 Å². The second kappa shape index (κ2) is 19.1. The molecule has 15 heteroatoms. The monoisotopic (exact) mass is 821 g/mol. The van der Waals surface area contributed by atoms with Gasteiger partial charge in [-0.25, -0.2) is 4.79 Å². The number of carbonyl (C=O) groups is 5. The lowest BCUT2D eigenvalue weighted by Crippen LogP contribution is -2.59. The molecule has 0 saturated heterocycles. The molecule has 0 spiro atoms. The highest BCUT2D eigenvalue weighted by Crippen LogP contribution is 2.31. The predicted molar refractivity (Wildman–Crippen MR) is 214 cm³/mol. The van der Waals surface area contributed by atoms with Gasteiger partial charge in [-0.05, 0) is 69.8 Å². The molecule has 5 aromatic rings. The number of carbonyl (C=O) groups excluding carboxylic acids is 4. The largest absolute Gasteiger partial charge is 0.484 e. The highest BCUT2D eigenvalue weighted by Gasteiger charge is 2.36. The van der Waals surface area contributed by atoms with Gasteiger partial charge in [0.1, 0.15) is 29.9 Å². The van der Waals surface area contributed by atoms with Gasteiger partial charge >= 0.3 is 12.1 Å². The van der Waals surface area contributed by atoms with E-state index in [4.69, 9.17) is 4.74 Å². The Hall–Kier alpha value is -7.03. The van der Waals surface area contributed by atoms with Crippen LogP contribution < -0.4 is 26.0 Å². The minimum absolute atomic E-state index is 0.00145. The quantitative estimate of drug-likeness (QED) is 0.136. The highest BCUT2D eigenvalue weighted by atomic mass is 19.4. The van der Waals surface area contributed by atoms with E-state index in [1.54, 1.807) is 36.4 Å². The van der Waals surface area contributed by atoms with Crippen molar-refractivity contribution >= 4 is 29.6 Å². The van der Waals surface area contributed by atoms with Crippen LogP contribution in [0.4, 0.5) is 13.2 Å². The number of halogens is 3. The summed E-state index contributed by atoms with van der Waals surface area (Å²) in [6, 6.07) is 24.7. The fraction of sp³-hybridized carbons (Fsp3) is 0.244. The van der Waals surface area contributed by atoms with Crippen molar-refractivity contribution in [3.05, 3.63) is 155 Å². The highest BCUT2D eigenvalue weighted by molar-refractivity contribution is 5.96. The van der Waals surface area contributed by atoms with Gasteiger partial charge in [-0.1, -0.05) is 85.8 Å². The molecule has 0 fully saturated rings. The molecule has 1 aromatic heterocycles. The molecule has 4 aromatic carbocycles. The molecule has 7 rings (SSSR count). The lowest BCUT2D eigenvalue weighted by molar-refractivity contribution is -0.142. The summed E-state index contributed by atoms with van der Waals surface area (Å²) in [4.78, 5) is 72.7. The van der Waals surface area contributed by atoms with Gasteiger partial charge in [-0.2, -0.15) is 13.2 Å². The number of nitrogens with zero attached hydrogens (tertiary/aromatic N) is 1. The molecule has 4 amide bonds. The van der Waals surface area contributed by atoms with Gasteiger partial charge in [0.05, 0.1) is 5.56 Å². The smallest absolute Gasteiger partial charge is 0.416 e. The second-order valence-electron chi connectivity index (χ2n) is 14.4. The summed E-state index contributed by atoms with van der Waals surface area (Å²) < 4.78 is 46.1. The molecule has 5 N–H and O–H groups in total. The molecule has 2 aliphatic heterocycles. The molecular formula is C45H42F3N5O7. The predicted octanol–water partition coefficient (Wildman–Crippen LogP) is 5.02. The molecule has 2 aliphatic rings. The zero-order valence-electron chi connectivity index (χ0n) is 32.3. The van der Waals surface area contributed by atoms with E-state index in [1.165, 1.54) is 43.6 Å².